The minimum Gasteiger partial charge on any atom is -0.497 e. The van der Waals surface area contributed by atoms with E-state index in [0.717, 1.165) is 5.56 Å². The van der Waals surface area contributed by atoms with Gasteiger partial charge in [0.05, 0.1) is 19.0 Å². The molecule has 1 fully saturated rings. The van der Waals surface area contributed by atoms with E-state index in [-0.39, 0.29) is 13.1 Å². The van der Waals surface area contributed by atoms with Gasteiger partial charge in [-0.15, -0.1) is 0 Å². The minimum atomic E-state index is -1.20. The maximum atomic E-state index is 12.5. The maximum absolute atomic E-state index is 12.5. The number of likely N-dealkylation sites (N-methyl/N-ethyl adjacent to an activating group) is 1. The Hall–Kier alpha value is -3.33. The van der Waals surface area contributed by atoms with Crippen molar-refractivity contribution in [1.29, 1.82) is 0 Å². The molecule has 1 atom stereocenters. The Kier molecular flexibility index (Phi) is 7.45. The molecule has 0 bridgehead atoms. The fraction of sp³-hybridized carbons (Fsp3) is 0.286. The number of benzene rings is 2. The lowest BCUT2D eigenvalue weighted by molar-refractivity contribution is -0.146. The number of hydrogen-bond donors (Lipinski definition) is 2. The first-order chi connectivity index (χ1) is 14.5. The Bertz CT molecular complexity index is 845. The van der Waals surface area contributed by atoms with E-state index in [9.17, 15) is 14.4 Å². The molecule has 1 aliphatic rings. The van der Waals surface area contributed by atoms with Crippen LogP contribution in [-0.2, 0) is 25.3 Å². The number of urea groups is 1. The number of nitrogens with zero attached hydrogens (tertiary/aromatic N) is 1. The Balaban J connectivity index is 1.72. The highest BCUT2D eigenvalue weighted by atomic mass is 16.6. The third-order valence-corrected chi connectivity index (χ3v) is 4.56. The molecule has 9 heteroatoms. The van der Waals surface area contributed by atoms with E-state index in [1.54, 1.807) is 31.3 Å². The second kappa shape index (κ2) is 10.5. The number of amides is 2. The summed E-state index contributed by atoms with van der Waals surface area (Å²) in [5, 5.41) is 5.52. The molecule has 8 nitrogen and oxygen atoms in total. The average molecular weight is 409 g/mol. The van der Waals surface area contributed by atoms with Crippen LogP contribution in [0, 0.1) is 0 Å². The van der Waals surface area contributed by atoms with E-state index >= 15 is 0 Å². The van der Waals surface area contributed by atoms with E-state index in [1.807, 2.05) is 36.4 Å². The number of anilines is 1. The van der Waals surface area contributed by atoms with E-state index in [0.29, 0.717) is 18.5 Å². The highest BCUT2D eigenvalue weighted by molar-refractivity contribution is 6.51. The number of aryl methyl sites for hydroxylation is 1. The van der Waals surface area contributed by atoms with Gasteiger partial charge in [0.15, 0.2) is 0 Å². The number of carbonyl (C=O) groups is 3. The van der Waals surface area contributed by atoms with Crippen molar-refractivity contribution in [2.45, 2.75) is 18.8 Å². The molecule has 0 aromatic heterocycles. The normalized spacial score (nSPS) is 16.0. The van der Waals surface area contributed by atoms with E-state index < -0.39 is 31.0 Å². The van der Waals surface area contributed by atoms with Crippen LogP contribution < -0.4 is 10.6 Å². The summed E-state index contributed by atoms with van der Waals surface area (Å²) >= 11 is 0. The summed E-state index contributed by atoms with van der Waals surface area (Å²) in [6.07, 6.45) is 1.01. The highest BCUT2D eigenvalue weighted by Gasteiger charge is 2.40. The number of para-hydroxylation sites is 1. The van der Waals surface area contributed by atoms with Crippen molar-refractivity contribution < 1.29 is 23.7 Å². The summed E-state index contributed by atoms with van der Waals surface area (Å²) in [5.74, 6) is -1.76. The van der Waals surface area contributed by atoms with E-state index in [2.05, 4.69) is 10.6 Å². The molecule has 1 unspecified atom stereocenters. The molecule has 30 heavy (non-hydrogen) atoms. The van der Waals surface area contributed by atoms with Crippen LogP contribution in [0.5, 0.6) is 0 Å². The first-order valence-electron chi connectivity index (χ1n) is 9.73. The van der Waals surface area contributed by atoms with Gasteiger partial charge in [-0.2, -0.15) is 0 Å². The van der Waals surface area contributed by atoms with Crippen LogP contribution in [0.1, 0.15) is 12.0 Å². The fourth-order valence-electron chi connectivity index (χ4n) is 3.12. The standard InChI is InChI=1S/C21H24BN3O5/c1-25-14-19(26)29-22(30-20(27)15-25)18(13-12-16-8-4-2-5-9-16)24-21(28)23-17-10-6-3-7-11-17/h2-11,18H,12-15H2,1H3,(H2,23,24,28). The maximum Gasteiger partial charge on any atom is 0.622 e. The number of hydrogen-bond acceptors (Lipinski definition) is 6. The highest BCUT2D eigenvalue weighted by Crippen LogP contribution is 2.12. The molecule has 1 heterocycles. The lowest BCUT2D eigenvalue weighted by Gasteiger charge is -2.27. The molecule has 0 spiro atoms. The summed E-state index contributed by atoms with van der Waals surface area (Å²) in [6, 6.07) is 18.2. The predicted molar refractivity (Wildman–Crippen MR) is 113 cm³/mol. The van der Waals surface area contributed by atoms with Gasteiger partial charge in [-0.25, -0.2) is 4.79 Å². The quantitative estimate of drug-likeness (QED) is 0.708. The largest absolute Gasteiger partial charge is 0.622 e. The van der Waals surface area contributed by atoms with Crippen LogP contribution in [0.2, 0.25) is 0 Å². The Morgan fingerprint density at radius 3 is 2.17 bits per heavy atom. The summed E-state index contributed by atoms with van der Waals surface area (Å²) in [7, 11) is 0.422. The van der Waals surface area contributed by atoms with Gasteiger partial charge in [0.2, 0.25) is 0 Å². The van der Waals surface area contributed by atoms with Crippen molar-refractivity contribution in [2.75, 3.05) is 25.5 Å². The van der Waals surface area contributed by atoms with Crippen molar-refractivity contribution >= 4 is 30.8 Å². The number of rotatable bonds is 6. The SMILES string of the molecule is CN1CC(=O)OB(C(CCc2ccccc2)NC(=O)Nc2ccccc2)OC(=O)C1. The summed E-state index contributed by atoms with van der Waals surface area (Å²) in [6.45, 7) is -0.0690. The second-order valence-corrected chi connectivity index (χ2v) is 7.12. The molecule has 1 saturated heterocycles. The molecule has 0 saturated carbocycles. The van der Waals surface area contributed by atoms with Crippen LogP contribution in [0.4, 0.5) is 10.5 Å². The number of carbonyl (C=O) groups excluding carboxylic acids is 3. The van der Waals surface area contributed by atoms with Crippen molar-refractivity contribution in [3.05, 3.63) is 66.2 Å². The monoisotopic (exact) mass is 409 g/mol. The zero-order valence-corrected chi connectivity index (χ0v) is 16.7. The Morgan fingerprint density at radius 2 is 1.57 bits per heavy atom. The fourth-order valence-corrected chi connectivity index (χ4v) is 3.12. The van der Waals surface area contributed by atoms with E-state index in [1.165, 1.54) is 4.90 Å². The summed E-state index contributed by atoms with van der Waals surface area (Å²) < 4.78 is 10.7. The van der Waals surface area contributed by atoms with E-state index in [4.69, 9.17) is 9.31 Å². The predicted octanol–water partition coefficient (Wildman–Crippen LogP) is 1.87. The zero-order valence-electron chi connectivity index (χ0n) is 16.7. The molecule has 2 aromatic rings. The third kappa shape index (κ3) is 6.63. The first kappa shape index (κ1) is 21.4. The van der Waals surface area contributed by atoms with Gasteiger partial charge in [-0.3, -0.25) is 14.5 Å². The van der Waals surface area contributed by atoms with Gasteiger partial charge in [0.1, 0.15) is 0 Å². The molecule has 1 aliphatic heterocycles. The third-order valence-electron chi connectivity index (χ3n) is 4.56. The minimum absolute atomic E-state index is 0.0345. The van der Waals surface area contributed by atoms with Crippen LogP contribution in [-0.4, -0.2) is 56.1 Å². The molecule has 2 aromatic carbocycles. The van der Waals surface area contributed by atoms with Gasteiger partial charge in [-0.1, -0.05) is 48.5 Å². The summed E-state index contributed by atoms with van der Waals surface area (Å²) in [5.41, 5.74) is 1.67. The lowest BCUT2D eigenvalue weighted by Crippen LogP contribution is -2.55. The topological polar surface area (TPSA) is 97.0 Å². The van der Waals surface area contributed by atoms with Crippen molar-refractivity contribution in [3.63, 3.8) is 0 Å². The smallest absolute Gasteiger partial charge is 0.497 e. The molecular weight excluding hydrogens is 385 g/mol. The van der Waals surface area contributed by atoms with Crippen LogP contribution in [0.25, 0.3) is 0 Å². The second-order valence-electron chi connectivity index (χ2n) is 7.12. The Morgan fingerprint density at radius 1 is 1.00 bits per heavy atom. The molecule has 156 valence electrons. The van der Waals surface area contributed by atoms with Gasteiger partial charge in [-0.05, 0) is 37.6 Å². The van der Waals surface area contributed by atoms with Gasteiger partial charge >= 0.3 is 25.1 Å². The molecule has 2 N–H and O–H groups in total. The van der Waals surface area contributed by atoms with Gasteiger partial charge < -0.3 is 19.9 Å². The van der Waals surface area contributed by atoms with Crippen molar-refractivity contribution in [1.82, 2.24) is 10.2 Å². The first-order valence-corrected chi connectivity index (χ1v) is 9.73. The molecule has 0 radical (unpaired) electrons. The average Bonchev–Trinajstić information content (AvgIpc) is 2.71. The summed E-state index contributed by atoms with van der Waals surface area (Å²) in [4.78, 5) is 38.3. The van der Waals surface area contributed by atoms with Crippen molar-refractivity contribution in [3.8, 4) is 0 Å². The number of nitrogens with one attached hydrogen (secondary N) is 2. The van der Waals surface area contributed by atoms with Gasteiger partial charge in [0.25, 0.3) is 0 Å². The zero-order chi connectivity index (χ0) is 21.3. The van der Waals surface area contributed by atoms with Crippen LogP contribution in [0.15, 0.2) is 60.7 Å². The van der Waals surface area contributed by atoms with Gasteiger partial charge in [0, 0.05) is 5.69 Å². The Labute approximate surface area is 175 Å². The lowest BCUT2D eigenvalue weighted by atomic mass is 9.74. The van der Waals surface area contributed by atoms with Crippen LogP contribution >= 0.6 is 0 Å². The molecular formula is C21H24BN3O5. The van der Waals surface area contributed by atoms with Crippen molar-refractivity contribution in [2.24, 2.45) is 0 Å². The van der Waals surface area contributed by atoms with Crippen LogP contribution in [0.3, 0.4) is 0 Å². The molecule has 0 aliphatic carbocycles. The molecule has 3 rings (SSSR count). The molecule has 2 amide bonds.